The van der Waals surface area contributed by atoms with Gasteiger partial charge in [-0.05, 0) is 25.0 Å². The van der Waals surface area contributed by atoms with E-state index >= 15 is 0 Å². The first-order valence-corrected chi connectivity index (χ1v) is 7.02. The van der Waals surface area contributed by atoms with Crippen LogP contribution in [-0.2, 0) is 17.5 Å². The molecule has 0 saturated carbocycles. The summed E-state index contributed by atoms with van der Waals surface area (Å²) in [5, 5.41) is 2.71. The molecule has 0 spiro atoms. The standard InChI is InChI=1S/C15H18F3N3O/c1-9(2)10(3)19-13(22)8-21-12-7-5-4-6-11(12)20-14(21)15(16,17)18/h4-7,9-10H,8H2,1-3H3,(H,19,22). The van der Waals surface area contributed by atoms with Gasteiger partial charge in [-0.1, -0.05) is 26.0 Å². The van der Waals surface area contributed by atoms with Gasteiger partial charge in [-0.25, -0.2) is 4.98 Å². The number of para-hydroxylation sites is 2. The van der Waals surface area contributed by atoms with Crippen LogP contribution in [0.4, 0.5) is 13.2 Å². The number of nitrogens with one attached hydrogen (secondary N) is 1. The monoisotopic (exact) mass is 313 g/mol. The van der Waals surface area contributed by atoms with Crippen molar-refractivity contribution >= 4 is 16.9 Å². The minimum absolute atomic E-state index is 0.114. The zero-order valence-corrected chi connectivity index (χ0v) is 12.6. The van der Waals surface area contributed by atoms with Crippen molar-refractivity contribution < 1.29 is 18.0 Å². The zero-order valence-electron chi connectivity index (χ0n) is 12.6. The van der Waals surface area contributed by atoms with Gasteiger partial charge in [-0.2, -0.15) is 13.2 Å². The lowest BCUT2D eigenvalue weighted by atomic mass is 10.1. The van der Waals surface area contributed by atoms with E-state index in [1.54, 1.807) is 12.1 Å². The Morgan fingerprint density at radius 1 is 1.27 bits per heavy atom. The summed E-state index contributed by atoms with van der Waals surface area (Å²) >= 11 is 0. The number of halogens is 3. The molecule has 1 aromatic heterocycles. The van der Waals surface area contributed by atoms with Crippen LogP contribution in [0.2, 0.25) is 0 Å². The van der Waals surface area contributed by atoms with Gasteiger partial charge >= 0.3 is 6.18 Å². The molecule has 2 aromatic rings. The van der Waals surface area contributed by atoms with E-state index in [1.165, 1.54) is 12.1 Å². The van der Waals surface area contributed by atoms with Gasteiger partial charge in [0.2, 0.25) is 11.7 Å². The number of amides is 1. The predicted molar refractivity (Wildman–Crippen MR) is 77.2 cm³/mol. The second-order valence-electron chi connectivity index (χ2n) is 5.61. The number of carbonyl (C=O) groups is 1. The third-order valence-corrected chi connectivity index (χ3v) is 3.60. The van der Waals surface area contributed by atoms with E-state index in [2.05, 4.69) is 10.3 Å². The van der Waals surface area contributed by atoms with E-state index in [0.29, 0.717) is 5.52 Å². The highest BCUT2D eigenvalue weighted by molar-refractivity contribution is 5.81. The number of imidazole rings is 1. The topological polar surface area (TPSA) is 46.9 Å². The summed E-state index contributed by atoms with van der Waals surface area (Å²) in [4.78, 5) is 15.6. The van der Waals surface area contributed by atoms with Crippen LogP contribution in [0.1, 0.15) is 26.6 Å². The van der Waals surface area contributed by atoms with Gasteiger partial charge in [0.1, 0.15) is 6.54 Å². The molecule has 7 heteroatoms. The van der Waals surface area contributed by atoms with Crippen LogP contribution < -0.4 is 5.32 Å². The number of alkyl halides is 3. The molecule has 1 amide bonds. The highest BCUT2D eigenvalue weighted by atomic mass is 19.4. The minimum Gasteiger partial charge on any atom is -0.352 e. The van der Waals surface area contributed by atoms with Gasteiger partial charge in [0, 0.05) is 6.04 Å². The first-order valence-electron chi connectivity index (χ1n) is 7.02. The first kappa shape index (κ1) is 16.3. The summed E-state index contributed by atoms with van der Waals surface area (Å²) in [6.45, 7) is 5.27. The third kappa shape index (κ3) is 3.40. The Kier molecular flexibility index (Phi) is 4.44. The maximum atomic E-state index is 13.1. The van der Waals surface area contributed by atoms with Crippen LogP contribution in [0.3, 0.4) is 0 Å². The molecular weight excluding hydrogens is 295 g/mol. The quantitative estimate of drug-likeness (QED) is 0.942. The maximum absolute atomic E-state index is 13.1. The Morgan fingerprint density at radius 3 is 2.50 bits per heavy atom. The average Bonchev–Trinajstić information content (AvgIpc) is 2.77. The summed E-state index contributed by atoms with van der Waals surface area (Å²) in [6.07, 6.45) is -4.61. The molecule has 22 heavy (non-hydrogen) atoms. The summed E-state index contributed by atoms with van der Waals surface area (Å²) in [6, 6.07) is 6.14. The van der Waals surface area contributed by atoms with Crippen molar-refractivity contribution in [1.29, 1.82) is 0 Å². The number of benzene rings is 1. The molecule has 0 aliphatic rings. The summed E-state index contributed by atoms with van der Waals surface area (Å²) < 4.78 is 40.3. The number of nitrogens with zero attached hydrogens (tertiary/aromatic N) is 2. The number of rotatable bonds is 4. The molecule has 0 aliphatic carbocycles. The van der Waals surface area contributed by atoms with Crippen molar-refractivity contribution in [2.75, 3.05) is 0 Å². The number of carbonyl (C=O) groups excluding carboxylic acids is 1. The number of hydrogen-bond acceptors (Lipinski definition) is 2. The van der Waals surface area contributed by atoms with Gasteiger partial charge < -0.3 is 9.88 Å². The first-order chi connectivity index (χ1) is 10.2. The third-order valence-electron chi connectivity index (χ3n) is 3.60. The molecule has 0 bridgehead atoms. The Bertz CT molecular complexity index is 676. The van der Waals surface area contributed by atoms with E-state index in [1.807, 2.05) is 20.8 Å². The maximum Gasteiger partial charge on any atom is 0.449 e. The number of fused-ring (bicyclic) bond motifs is 1. The Morgan fingerprint density at radius 2 is 1.91 bits per heavy atom. The molecule has 2 rings (SSSR count). The van der Waals surface area contributed by atoms with Crippen molar-refractivity contribution in [3.05, 3.63) is 30.1 Å². The molecular formula is C15H18F3N3O. The predicted octanol–water partition coefficient (Wildman–Crippen LogP) is 3.22. The summed E-state index contributed by atoms with van der Waals surface area (Å²) in [7, 11) is 0. The lowest BCUT2D eigenvalue weighted by Gasteiger charge is -2.18. The largest absolute Gasteiger partial charge is 0.449 e. The van der Waals surface area contributed by atoms with Gasteiger partial charge in [0.15, 0.2) is 0 Å². The second kappa shape index (κ2) is 5.98. The lowest BCUT2D eigenvalue weighted by molar-refractivity contribution is -0.147. The molecule has 0 fully saturated rings. The molecule has 1 aromatic carbocycles. The molecule has 1 heterocycles. The van der Waals surface area contributed by atoms with Crippen molar-refractivity contribution in [2.45, 2.75) is 39.5 Å². The molecule has 0 saturated heterocycles. The highest BCUT2D eigenvalue weighted by Gasteiger charge is 2.38. The zero-order chi connectivity index (χ0) is 16.5. The molecule has 0 aliphatic heterocycles. The van der Waals surface area contributed by atoms with Crippen LogP contribution >= 0.6 is 0 Å². The fraction of sp³-hybridized carbons (Fsp3) is 0.467. The molecule has 0 radical (unpaired) electrons. The smallest absolute Gasteiger partial charge is 0.352 e. The Labute approximate surface area is 126 Å². The van der Waals surface area contributed by atoms with E-state index in [4.69, 9.17) is 0 Å². The minimum atomic E-state index is -4.61. The number of hydrogen-bond donors (Lipinski definition) is 1. The summed E-state index contributed by atoms with van der Waals surface area (Å²) in [5.74, 6) is -1.32. The van der Waals surface area contributed by atoms with Gasteiger partial charge in [0.25, 0.3) is 0 Å². The average molecular weight is 313 g/mol. The van der Waals surface area contributed by atoms with Crippen molar-refractivity contribution in [3.63, 3.8) is 0 Å². The second-order valence-corrected chi connectivity index (χ2v) is 5.61. The Balaban J connectivity index is 2.35. The molecule has 1 N–H and O–H groups in total. The molecule has 1 atom stereocenters. The van der Waals surface area contributed by atoms with E-state index in [9.17, 15) is 18.0 Å². The van der Waals surface area contributed by atoms with Crippen LogP contribution in [-0.4, -0.2) is 21.5 Å². The van der Waals surface area contributed by atoms with Crippen molar-refractivity contribution in [3.8, 4) is 0 Å². The fourth-order valence-electron chi connectivity index (χ4n) is 2.06. The van der Waals surface area contributed by atoms with Crippen LogP contribution in [0.15, 0.2) is 24.3 Å². The lowest BCUT2D eigenvalue weighted by Crippen LogP contribution is -2.38. The van der Waals surface area contributed by atoms with Gasteiger partial charge in [0.05, 0.1) is 11.0 Å². The van der Waals surface area contributed by atoms with Crippen molar-refractivity contribution in [1.82, 2.24) is 14.9 Å². The SMILES string of the molecule is CC(C)C(C)NC(=O)Cn1c(C(F)(F)F)nc2ccccc21. The van der Waals surface area contributed by atoms with Crippen LogP contribution in [0.5, 0.6) is 0 Å². The van der Waals surface area contributed by atoms with E-state index in [0.717, 1.165) is 4.57 Å². The normalized spacial score (nSPS) is 13.6. The molecule has 1 unspecified atom stereocenters. The Hall–Kier alpha value is -2.05. The highest BCUT2D eigenvalue weighted by Crippen LogP contribution is 2.31. The van der Waals surface area contributed by atoms with E-state index < -0.39 is 24.5 Å². The van der Waals surface area contributed by atoms with Gasteiger partial charge in [-0.3, -0.25) is 4.79 Å². The summed E-state index contributed by atoms with van der Waals surface area (Å²) in [5.41, 5.74) is 0.515. The molecule has 4 nitrogen and oxygen atoms in total. The van der Waals surface area contributed by atoms with Crippen LogP contribution in [0, 0.1) is 5.92 Å². The molecule has 120 valence electrons. The van der Waals surface area contributed by atoms with Crippen molar-refractivity contribution in [2.24, 2.45) is 5.92 Å². The van der Waals surface area contributed by atoms with Gasteiger partial charge in [-0.15, -0.1) is 0 Å². The van der Waals surface area contributed by atoms with Crippen LogP contribution in [0.25, 0.3) is 11.0 Å². The number of aromatic nitrogens is 2. The van der Waals surface area contributed by atoms with E-state index in [-0.39, 0.29) is 17.5 Å². The fourth-order valence-corrected chi connectivity index (χ4v) is 2.06.